The molecule has 55 heavy (non-hydrogen) atoms. The van der Waals surface area contributed by atoms with E-state index >= 15 is 0 Å². The maximum atomic E-state index is 14.3. The number of hydrogen-bond acceptors (Lipinski definition) is 11. The Hall–Kier alpha value is -5.45. The van der Waals surface area contributed by atoms with Crippen molar-refractivity contribution in [1.29, 1.82) is 0 Å². The molecule has 2 aliphatic rings. The van der Waals surface area contributed by atoms with Gasteiger partial charge in [-0.05, 0) is 24.1 Å². The van der Waals surface area contributed by atoms with Gasteiger partial charge in [-0.25, -0.2) is 18.1 Å². The summed E-state index contributed by atoms with van der Waals surface area (Å²) in [6.07, 6.45) is -3.82. The smallest absolute Gasteiger partial charge is 0.450 e. The fourth-order valence-corrected chi connectivity index (χ4v) is 7.05. The van der Waals surface area contributed by atoms with Crippen LogP contribution in [0.2, 0.25) is 0 Å². The molecule has 2 amide bonds. The highest BCUT2D eigenvalue weighted by molar-refractivity contribution is 7.48. The summed E-state index contributed by atoms with van der Waals surface area (Å²) < 4.78 is 76.0. The van der Waals surface area contributed by atoms with Gasteiger partial charge in [0.25, 0.3) is 11.8 Å². The average molecular weight is 784 g/mol. The Bertz CT molecular complexity index is 2090. The molecule has 0 bridgehead atoms. The highest BCUT2D eigenvalue weighted by Crippen LogP contribution is 2.51. The SMILES string of the molecule is C[C@H]1CO[C@@H]2Cn3cc(C(=O)NCc4ccc(F)cc4F)c(=O)c(OC(CCOP(=O)(OCc4ccccc4)OCc4ccccc4)OC(=O)O)c3C(=O)N12. The van der Waals surface area contributed by atoms with Crippen LogP contribution < -0.4 is 15.5 Å². The Morgan fingerprint density at radius 1 is 0.982 bits per heavy atom. The van der Waals surface area contributed by atoms with Crippen LogP contribution in [0.15, 0.2) is 89.9 Å². The Morgan fingerprint density at radius 2 is 1.64 bits per heavy atom. The first-order valence-electron chi connectivity index (χ1n) is 17.0. The molecule has 290 valence electrons. The van der Waals surface area contributed by atoms with Crippen molar-refractivity contribution in [3.05, 3.63) is 135 Å². The van der Waals surface area contributed by atoms with Gasteiger partial charge in [0.1, 0.15) is 17.2 Å². The number of carbonyl (C=O) groups excluding carboxylic acids is 2. The summed E-state index contributed by atoms with van der Waals surface area (Å²) in [5.74, 6) is -4.18. The minimum atomic E-state index is -4.34. The molecule has 1 fully saturated rings. The number of fused-ring (bicyclic) bond motifs is 2. The van der Waals surface area contributed by atoms with Gasteiger partial charge in [0, 0.05) is 30.8 Å². The van der Waals surface area contributed by atoms with Gasteiger partial charge in [0.15, 0.2) is 11.9 Å². The zero-order chi connectivity index (χ0) is 39.1. The van der Waals surface area contributed by atoms with Gasteiger partial charge in [-0.2, -0.15) is 0 Å². The van der Waals surface area contributed by atoms with Crippen molar-refractivity contribution >= 4 is 25.8 Å². The molecule has 3 aromatic carbocycles. The van der Waals surface area contributed by atoms with Gasteiger partial charge in [0.2, 0.25) is 17.5 Å². The molecule has 6 rings (SSSR count). The molecule has 0 spiro atoms. The summed E-state index contributed by atoms with van der Waals surface area (Å²) in [5, 5.41) is 12.0. The van der Waals surface area contributed by atoms with Gasteiger partial charge in [-0.15, -0.1) is 0 Å². The number of rotatable bonds is 16. The molecule has 4 aromatic rings. The van der Waals surface area contributed by atoms with Gasteiger partial charge < -0.3 is 34.1 Å². The summed E-state index contributed by atoms with van der Waals surface area (Å²) in [5.41, 5.74) is -0.741. The molecule has 3 heterocycles. The van der Waals surface area contributed by atoms with Crippen LogP contribution in [-0.4, -0.2) is 64.3 Å². The van der Waals surface area contributed by atoms with E-state index in [0.717, 1.165) is 18.3 Å². The number of phosphoric ester groups is 1. The van der Waals surface area contributed by atoms with E-state index in [4.69, 9.17) is 27.8 Å². The van der Waals surface area contributed by atoms with Crippen LogP contribution in [0.1, 0.15) is 50.9 Å². The molecule has 18 heteroatoms. The monoisotopic (exact) mass is 783 g/mol. The number of amides is 2. The summed E-state index contributed by atoms with van der Waals surface area (Å²) >= 11 is 0. The number of ether oxygens (including phenoxy) is 3. The molecule has 1 unspecified atom stereocenters. The van der Waals surface area contributed by atoms with E-state index in [1.807, 2.05) is 0 Å². The Kier molecular flexibility index (Phi) is 12.4. The zero-order valence-corrected chi connectivity index (χ0v) is 30.2. The molecule has 1 aromatic heterocycles. The Labute approximate surface area is 312 Å². The second kappa shape index (κ2) is 17.3. The van der Waals surface area contributed by atoms with Gasteiger partial charge in [-0.3, -0.25) is 28.0 Å². The van der Waals surface area contributed by atoms with E-state index in [9.17, 15) is 37.6 Å². The van der Waals surface area contributed by atoms with Crippen LogP contribution in [0.5, 0.6) is 5.75 Å². The highest BCUT2D eigenvalue weighted by atomic mass is 31.2. The highest BCUT2D eigenvalue weighted by Gasteiger charge is 2.44. The van der Waals surface area contributed by atoms with Crippen LogP contribution >= 0.6 is 7.82 Å². The van der Waals surface area contributed by atoms with E-state index in [2.05, 4.69) is 5.32 Å². The topological polar surface area (TPSA) is 181 Å². The third-order valence-electron chi connectivity index (χ3n) is 8.59. The summed E-state index contributed by atoms with van der Waals surface area (Å²) in [6.45, 7) is 0.565. The summed E-state index contributed by atoms with van der Waals surface area (Å²) in [7, 11) is -4.34. The lowest BCUT2D eigenvalue weighted by atomic mass is 10.1. The zero-order valence-electron chi connectivity index (χ0n) is 29.3. The first-order valence-corrected chi connectivity index (χ1v) is 18.5. The van der Waals surface area contributed by atoms with Crippen molar-refractivity contribution in [1.82, 2.24) is 14.8 Å². The maximum Gasteiger partial charge on any atom is 0.508 e. The molecular formula is C37H36F2N3O12P. The summed E-state index contributed by atoms with van der Waals surface area (Å²) in [4.78, 5) is 54.4. The van der Waals surface area contributed by atoms with Gasteiger partial charge in [-0.1, -0.05) is 66.7 Å². The first-order chi connectivity index (χ1) is 26.4. The van der Waals surface area contributed by atoms with Crippen molar-refractivity contribution in [2.45, 2.75) is 58.2 Å². The summed E-state index contributed by atoms with van der Waals surface area (Å²) in [6, 6.07) is 19.9. The number of halogens is 2. The molecule has 15 nitrogen and oxygen atoms in total. The lowest BCUT2D eigenvalue weighted by Gasteiger charge is -2.34. The standard InChI is InChI=1S/C37H36F2N3O12P/c1-23-20-49-30-19-41-18-28(35(44)40-17-26-12-13-27(38)16-29(26)39)33(43)34(32(41)36(45)42(23)30)53-31(54-37(46)47)14-15-50-55(48,51-21-24-8-4-2-5-9-24)52-22-25-10-6-3-7-11-25/h2-13,16,18,23,30-31H,14-15,17,19-22H2,1H3,(H,40,44)(H,46,47)/t23-,30+,31?/m0/s1. The van der Waals surface area contributed by atoms with Crippen molar-refractivity contribution in [2.24, 2.45) is 0 Å². The molecule has 0 radical (unpaired) electrons. The number of aromatic nitrogens is 1. The predicted molar refractivity (Wildman–Crippen MR) is 188 cm³/mol. The van der Waals surface area contributed by atoms with Crippen LogP contribution in [0.3, 0.4) is 0 Å². The van der Waals surface area contributed by atoms with E-state index in [1.54, 1.807) is 67.6 Å². The van der Waals surface area contributed by atoms with Crippen LogP contribution in [0.4, 0.5) is 13.6 Å². The third kappa shape index (κ3) is 9.62. The fraction of sp³-hybridized carbons (Fsp3) is 0.297. The number of hydrogen-bond donors (Lipinski definition) is 2. The fourth-order valence-electron chi connectivity index (χ4n) is 5.88. The normalized spacial score (nSPS) is 16.9. The van der Waals surface area contributed by atoms with E-state index < -0.39 is 92.3 Å². The van der Waals surface area contributed by atoms with Crippen LogP contribution in [-0.2, 0) is 53.9 Å². The van der Waals surface area contributed by atoms with Gasteiger partial charge >= 0.3 is 14.0 Å². The number of carbonyl (C=O) groups is 3. The van der Waals surface area contributed by atoms with Crippen LogP contribution in [0.25, 0.3) is 0 Å². The second-order valence-electron chi connectivity index (χ2n) is 12.5. The third-order valence-corrected chi connectivity index (χ3v) is 9.98. The minimum absolute atomic E-state index is 0.0385. The maximum absolute atomic E-state index is 14.3. The predicted octanol–water partition coefficient (Wildman–Crippen LogP) is 5.61. The number of nitrogens with zero attached hydrogens (tertiary/aromatic N) is 2. The molecule has 3 atom stereocenters. The van der Waals surface area contributed by atoms with E-state index in [0.29, 0.717) is 17.2 Å². The lowest BCUT2D eigenvalue weighted by Crippen LogP contribution is -2.49. The number of pyridine rings is 1. The van der Waals surface area contributed by atoms with Crippen molar-refractivity contribution in [3.63, 3.8) is 0 Å². The van der Waals surface area contributed by atoms with E-state index in [-0.39, 0.29) is 37.6 Å². The number of carboxylic acid groups (broad SMARTS) is 1. The van der Waals surface area contributed by atoms with E-state index in [1.165, 1.54) is 9.47 Å². The molecule has 2 N–H and O–H groups in total. The molecule has 0 aliphatic carbocycles. The Balaban J connectivity index is 1.25. The van der Waals surface area contributed by atoms with Crippen LogP contribution in [0, 0.1) is 11.6 Å². The largest absolute Gasteiger partial charge is 0.508 e. The first kappa shape index (κ1) is 39.2. The van der Waals surface area contributed by atoms with Crippen molar-refractivity contribution in [2.75, 3.05) is 13.2 Å². The molecule has 2 aliphatic heterocycles. The number of nitrogens with one attached hydrogen (secondary N) is 1. The molecular weight excluding hydrogens is 747 g/mol. The molecule has 0 saturated carbocycles. The Morgan fingerprint density at radius 3 is 2.25 bits per heavy atom. The van der Waals surface area contributed by atoms with Crippen molar-refractivity contribution < 1.29 is 60.6 Å². The molecule has 1 saturated heterocycles. The average Bonchev–Trinajstić information content (AvgIpc) is 3.54. The lowest BCUT2D eigenvalue weighted by molar-refractivity contribution is -0.0657. The van der Waals surface area contributed by atoms with Gasteiger partial charge in [0.05, 0.1) is 39.0 Å². The number of phosphoric acid groups is 1. The number of benzene rings is 3. The minimum Gasteiger partial charge on any atom is -0.450 e. The second-order valence-corrected chi connectivity index (χ2v) is 14.2. The van der Waals surface area contributed by atoms with Crippen molar-refractivity contribution in [3.8, 4) is 5.75 Å². The quantitative estimate of drug-likeness (QED) is 0.0817.